The summed E-state index contributed by atoms with van der Waals surface area (Å²) >= 11 is 8.20. The quantitative estimate of drug-likeness (QED) is 0.825. The zero-order chi connectivity index (χ0) is 11.5. The van der Waals surface area contributed by atoms with Crippen molar-refractivity contribution in [2.75, 3.05) is 23.8 Å². The Morgan fingerprint density at radius 2 is 2.38 bits per heavy atom. The first kappa shape index (κ1) is 12.1. The minimum atomic E-state index is 0.606. The van der Waals surface area contributed by atoms with Crippen LogP contribution >= 0.6 is 23.4 Å². The first-order valence-electron chi connectivity index (χ1n) is 5.53. The Morgan fingerprint density at radius 1 is 1.56 bits per heavy atom. The van der Waals surface area contributed by atoms with Crippen LogP contribution in [-0.2, 0) is 6.54 Å². The maximum Gasteiger partial charge on any atom is 0.0471 e. The van der Waals surface area contributed by atoms with Gasteiger partial charge in [0.25, 0.3) is 0 Å². The molecule has 1 unspecified atom stereocenters. The van der Waals surface area contributed by atoms with E-state index in [-0.39, 0.29) is 0 Å². The average Bonchev–Trinajstić information content (AvgIpc) is 2.26. The Kier molecular flexibility index (Phi) is 4.00. The summed E-state index contributed by atoms with van der Waals surface area (Å²) in [5.74, 6) is 2.40. The standard InChI is InChI=1S/C12H17ClN2S/c1-9-8-16-6-5-15(9)7-10-11(13)3-2-4-12(10)14/h2-4,9H,5-8,14H2,1H3. The van der Waals surface area contributed by atoms with Crippen LogP contribution in [-0.4, -0.2) is 29.0 Å². The monoisotopic (exact) mass is 256 g/mol. The normalized spacial score (nSPS) is 22.2. The molecule has 0 bridgehead atoms. The second kappa shape index (κ2) is 5.30. The van der Waals surface area contributed by atoms with Crippen molar-refractivity contribution in [3.05, 3.63) is 28.8 Å². The van der Waals surface area contributed by atoms with Crippen molar-refractivity contribution < 1.29 is 0 Å². The van der Waals surface area contributed by atoms with Crippen LogP contribution in [0.15, 0.2) is 18.2 Å². The Hall–Kier alpha value is -0.380. The van der Waals surface area contributed by atoms with E-state index >= 15 is 0 Å². The van der Waals surface area contributed by atoms with Crippen molar-refractivity contribution in [2.24, 2.45) is 0 Å². The second-order valence-corrected chi connectivity index (χ2v) is 5.76. The van der Waals surface area contributed by atoms with Crippen LogP contribution in [0.1, 0.15) is 12.5 Å². The Morgan fingerprint density at radius 3 is 3.06 bits per heavy atom. The molecule has 16 heavy (non-hydrogen) atoms. The highest BCUT2D eigenvalue weighted by Gasteiger charge is 2.20. The molecule has 1 aliphatic rings. The van der Waals surface area contributed by atoms with Gasteiger partial charge < -0.3 is 5.73 Å². The molecule has 4 heteroatoms. The predicted molar refractivity (Wildman–Crippen MR) is 73.1 cm³/mol. The maximum absolute atomic E-state index is 6.18. The number of thioether (sulfide) groups is 1. The SMILES string of the molecule is CC1CSCCN1Cc1c(N)cccc1Cl. The van der Waals surface area contributed by atoms with Gasteiger partial charge in [-0.2, -0.15) is 11.8 Å². The minimum absolute atomic E-state index is 0.606. The molecule has 0 saturated carbocycles. The summed E-state index contributed by atoms with van der Waals surface area (Å²) in [5.41, 5.74) is 7.84. The molecule has 88 valence electrons. The summed E-state index contributed by atoms with van der Waals surface area (Å²) in [6.45, 7) is 4.25. The van der Waals surface area contributed by atoms with Crippen molar-refractivity contribution in [1.82, 2.24) is 4.90 Å². The van der Waals surface area contributed by atoms with Gasteiger partial charge in [-0.25, -0.2) is 0 Å². The highest BCUT2D eigenvalue weighted by Crippen LogP contribution is 2.26. The van der Waals surface area contributed by atoms with Gasteiger partial charge in [-0.3, -0.25) is 4.90 Å². The van der Waals surface area contributed by atoms with Gasteiger partial charge in [-0.05, 0) is 19.1 Å². The van der Waals surface area contributed by atoms with E-state index in [1.807, 2.05) is 30.0 Å². The summed E-state index contributed by atoms with van der Waals surface area (Å²) in [6.07, 6.45) is 0. The number of anilines is 1. The van der Waals surface area contributed by atoms with Crippen molar-refractivity contribution in [3.8, 4) is 0 Å². The third-order valence-electron chi connectivity index (χ3n) is 3.02. The summed E-state index contributed by atoms with van der Waals surface area (Å²) in [6, 6.07) is 6.34. The Bertz CT molecular complexity index is 350. The molecule has 1 fully saturated rings. The Balaban J connectivity index is 2.13. The van der Waals surface area contributed by atoms with Crippen LogP contribution < -0.4 is 5.73 Å². The number of nitrogens with zero attached hydrogens (tertiary/aromatic N) is 1. The van der Waals surface area contributed by atoms with E-state index in [0.29, 0.717) is 6.04 Å². The topological polar surface area (TPSA) is 29.3 Å². The first-order chi connectivity index (χ1) is 7.68. The first-order valence-corrected chi connectivity index (χ1v) is 7.06. The molecule has 2 rings (SSSR count). The van der Waals surface area contributed by atoms with Crippen molar-refractivity contribution in [2.45, 2.75) is 19.5 Å². The zero-order valence-electron chi connectivity index (χ0n) is 9.45. The van der Waals surface area contributed by atoms with E-state index in [1.54, 1.807) is 0 Å². The molecule has 1 aromatic carbocycles. The van der Waals surface area contributed by atoms with Gasteiger partial charge in [-0.1, -0.05) is 17.7 Å². The molecule has 0 spiro atoms. The lowest BCUT2D eigenvalue weighted by Crippen LogP contribution is -2.39. The molecule has 2 N–H and O–H groups in total. The zero-order valence-corrected chi connectivity index (χ0v) is 11.0. The van der Waals surface area contributed by atoms with E-state index in [1.165, 1.54) is 11.5 Å². The number of benzene rings is 1. The third kappa shape index (κ3) is 2.65. The average molecular weight is 257 g/mol. The molecule has 0 radical (unpaired) electrons. The highest BCUT2D eigenvalue weighted by atomic mass is 35.5. The van der Waals surface area contributed by atoms with Gasteiger partial charge >= 0.3 is 0 Å². The van der Waals surface area contributed by atoms with Crippen LogP contribution in [0.2, 0.25) is 5.02 Å². The highest BCUT2D eigenvalue weighted by molar-refractivity contribution is 7.99. The molecule has 0 aliphatic carbocycles. The smallest absolute Gasteiger partial charge is 0.0471 e. The lowest BCUT2D eigenvalue weighted by Gasteiger charge is -2.33. The van der Waals surface area contributed by atoms with Crippen LogP contribution in [0.4, 0.5) is 5.69 Å². The largest absolute Gasteiger partial charge is 0.398 e. The molecule has 1 aromatic rings. The van der Waals surface area contributed by atoms with E-state index in [0.717, 1.165) is 29.4 Å². The fourth-order valence-corrected chi connectivity index (χ4v) is 3.27. The molecular formula is C12H17ClN2S. The van der Waals surface area contributed by atoms with E-state index in [2.05, 4.69) is 11.8 Å². The number of nitrogens with two attached hydrogens (primary N) is 1. The second-order valence-electron chi connectivity index (χ2n) is 4.20. The number of rotatable bonds is 2. The summed E-state index contributed by atoms with van der Waals surface area (Å²) in [5, 5.41) is 0.783. The summed E-state index contributed by atoms with van der Waals surface area (Å²) in [7, 11) is 0. The number of hydrogen-bond acceptors (Lipinski definition) is 3. The molecule has 0 amide bonds. The fraction of sp³-hybridized carbons (Fsp3) is 0.500. The lowest BCUT2D eigenvalue weighted by atomic mass is 10.1. The van der Waals surface area contributed by atoms with Gasteiger partial charge in [-0.15, -0.1) is 0 Å². The van der Waals surface area contributed by atoms with E-state index < -0.39 is 0 Å². The van der Waals surface area contributed by atoms with Crippen LogP contribution in [0.3, 0.4) is 0 Å². The molecule has 1 atom stereocenters. The van der Waals surface area contributed by atoms with E-state index in [9.17, 15) is 0 Å². The number of halogens is 1. The molecular weight excluding hydrogens is 240 g/mol. The molecule has 2 nitrogen and oxygen atoms in total. The molecule has 1 saturated heterocycles. The van der Waals surface area contributed by atoms with Gasteiger partial charge in [0.2, 0.25) is 0 Å². The molecule has 0 aromatic heterocycles. The molecule has 1 heterocycles. The van der Waals surface area contributed by atoms with Gasteiger partial charge in [0, 0.05) is 46.9 Å². The summed E-state index contributed by atoms with van der Waals surface area (Å²) < 4.78 is 0. The van der Waals surface area contributed by atoms with Crippen LogP contribution in [0.5, 0.6) is 0 Å². The Labute approximate surface area is 106 Å². The summed E-state index contributed by atoms with van der Waals surface area (Å²) in [4.78, 5) is 2.45. The number of nitrogen functional groups attached to an aromatic ring is 1. The maximum atomic E-state index is 6.18. The van der Waals surface area contributed by atoms with Gasteiger partial charge in [0.1, 0.15) is 0 Å². The van der Waals surface area contributed by atoms with Crippen molar-refractivity contribution in [3.63, 3.8) is 0 Å². The minimum Gasteiger partial charge on any atom is -0.398 e. The fourth-order valence-electron chi connectivity index (χ4n) is 1.94. The van der Waals surface area contributed by atoms with Gasteiger partial charge in [0.05, 0.1) is 0 Å². The van der Waals surface area contributed by atoms with Gasteiger partial charge in [0.15, 0.2) is 0 Å². The van der Waals surface area contributed by atoms with Crippen molar-refractivity contribution in [1.29, 1.82) is 0 Å². The van der Waals surface area contributed by atoms with Crippen LogP contribution in [0, 0.1) is 0 Å². The van der Waals surface area contributed by atoms with Crippen LogP contribution in [0.25, 0.3) is 0 Å². The molecule has 1 aliphatic heterocycles. The lowest BCUT2D eigenvalue weighted by molar-refractivity contribution is 0.224. The number of hydrogen-bond donors (Lipinski definition) is 1. The van der Waals surface area contributed by atoms with E-state index in [4.69, 9.17) is 17.3 Å². The van der Waals surface area contributed by atoms with Crippen molar-refractivity contribution >= 4 is 29.1 Å². The predicted octanol–water partition coefficient (Wildman–Crippen LogP) is 2.86. The third-order valence-corrected chi connectivity index (χ3v) is 4.56.